The van der Waals surface area contributed by atoms with Crippen LogP contribution >= 0.6 is 0 Å². The fourth-order valence-corrected chi connectivity index (χ4v) is 4.37. The van der Waals surface area contributed by atoms with Gasteiger partial charge in [0.1, 0.15) is 0 Å². The third-order valence-corrected chi connectivity index (χ3v) is 6.58. The molecule has 1 unspecified atom stereocenters. The van der Waals surface area contributed by atoms with Gasteiger partial charge in [-0.3, -0.25) is 0 Å². The Kier molecular flexibility index (Phi) is 13.2. The van der Waals surface area contributed by atoms with E-state index in [1.165, 1.54) is 40.6 Å². The van der Waals surface area contributed by atoms with E-state index in [4.69, 9.17) is 18.9 Å². The lowest BCUT2D eigenvalue weighted by molar-refractivity contribution is 0.0554. The summed E-state index contributed by atoms with van der Waals surface area (Å²) in [6.45, 7) is 0. The lowest BCUT2D eigenvalue weighted by atomic mass is 9.97. The number of rotatable bonds is 15. The van der Waals surface area contributed by atoms with Crippen LogP contribution in [0.25, 0.3) is 0 Å². The number of esters is 4. The molecule has 0 aliphatic heterocycles. The van der Waals surface area contributed by atoms with E-state index in [2.05, 4.69) is 0 Å². The molecule has 0 saturated carbocycles. The normalized spacial score (nSPS) is 11.4. The number of hydrogen-bond donors (Lipinski definition) is 1. The van der Waals surface area contributed by atoms with Gasteiger partial charge in [-0.1, -0.05) is 50.7 Å². The minimum atomic E-state index is -0.749. The van der Waals surface area contributed by atoms with Crippen molar-refractivity contribution in [3.05, 3.63) is 69.8 Å². The zero-order chi connectivity index (χ0) is 28.8. The Morgan fingerprint density at radius 2 is 1.03 bits per heavy atom. The van der Waals surface area contributed by atoms with Crippen LogP contribution in [-0.4, -0.2) is 57.4 Å². The smallest absolute Gasteiger partial charge is 0.338 e. The lowest BCUT2D eigenvalue weighted by Crippen LogP contribution is -2.13. The number of carbonyl (C=O) groups excluding carboxylic acids is 4. The first-order valence-corrected chi connectivity index (χ1v) is 13.1. The van der Waals surface area contributed by atoms with Crippen LogP contribution in [-0.2, 0) is 25.4 Å². The van der Waals surface area contributed by atoms with Crippen molar-refractivity contribution in [2.45, 2.75) is 63.9 Å². The summed E-state index contributed by atoms with van der Waals surface area (Å²) in [5, 5.41) is 10.6. The van der Waals surface area contributed by atoms with E-state index in [0.717, 1.165) is 56.9 Å². The van der Waals surface area contributed by atoms with Crippen LogP contribution in [0.1, 0.15) is 110 Å². The zero-order valence-corrected chi connectivity index (χ0v) is 23.1. The molecule has 9 nitrogen and oxygen atoms in total. The number of aryl methyl sites for hydroxylation is 1. The second-order valence-corrected chi connectivity index (χ2v) is 9.18. The highest BCUT2D eigenvalue weighted by Crippen LogP contribution is 2.24. The lowest BCUT2D eigenvalue weighted by Gasteiger charge is -2.14. The van der Waals surface area contributed by atoms with Gasteiger partial charge in [-0.05, 0) is 54.7 Å². The SMILES string of the molecule is COC(=O)c1ccc(CCCCCCCCCC(O)c2ccc(C(=O)OC)c(C(=O)OC)c2)cc1C(=O)OC. The van der Waals surface area contributed by atoms with Crippen LogP contribution in [0, 0.1) is 0 Å². The number of benzene rings is 2. The highest BCUT2D eigenvalue weighted by atomic mass is 16.5. The number of hydrogen-bond acceptors (Lipinski definition) is 9. The van der Waals surface area contributed by atoms with Crippen LogP contribution in [0.4, 0.5) is 0 Å². The molecule has 0 bridgehead atoms. The van der Waals surface area contributed by atoms with Gasteiger partial charge in [0.2, 0.25) is 0 Å². The highest BCUT2D eigenvalue weighted by molar-refractivity contribution is 6.04. The second-order valence-electron chi connectivity index (χ2n) is 9.18. The van der Waals surface area contributed by atoms with Gasteiger partial charge in [0.05, 0.1) is 56.8 Å². The van der Waals surface area contributed by atoms with Gasteiger partial charge in [-0.2, -0.15) is 0 Å². The first-order chi connectivity index (χ1) is 18.8. The molecule has 0 aliphatic carbocycles. The highest BCUT2D eigenvalue weighted by Gasteiger charge is 2.21. The minimum Gasteiger partial charge on any atom is -0.465 e. The molecule has 0 radical (unpaired) electrons. The van der Waals surface area contributed by atoms with E-state index < -0.39 is 30.0 Å². The monoisotopic (exact) mass is 542 g/mol. The quantitative estimate of drug-likeness (QED) is 0.183. The third kappa shape index (κ3) is 9.21. The van der Waals surface area contributed by atoms with Crippen molar-refractivity contribution in [3.63, 3.8) is 0 Å². The van der Waals surface area contributed by atoms with Gasteiger partial charge >= 0.3 is 23.9 Å². The van der Waals surface area contributed by atoms with Crippen LogP contribution < -0.4 is 0 Å². The summed E-state index contributed by atoms with van der Waals surface area (Å²) in [7, 11) is 5.02. The van der Waals surface area contributed by atoms with Crippen molar-refractivity contribution in [1.82, 2.24) is 0 Å². The first-order valence-electron chi connectivity index (χ1n) is 13.1. The Morgan fingerprint density at radius 1 is 0.590 bits per heavy atom. The molecule has 1 atom stereocenters. The molecule has 9 heteroatoms. The molecule has 0 saturated heterocycles. The third-order valence-electron chi connectivity index (χ3n) is 6.58. The number of aliphatic hydroxyl groups excluding tert-OH is 1. The van der Waals surface area contributed by atoms with E-state index in [1.54, 1.807) is 18.2 Å². The summed E-state index contributed by atoms with van der Waals surface area (Å²) in [5.74, 6) is -2.44. The van der Waals surface area contributed by atoms with Gasteiger partial charge in [-0.25, -0.2) is 19.2 Å². The van der Waals surface area contributed by atoms with Crippen molar-refractivity contribution >= 4 is 23.9 Å². The van der Waals surface area contributed by atoms with Crippen LogP contribution in [0.3, 0.4) is 0 Å². The molecule has 0 spiro atoms. The van der Waals surface area contributed by atoms with Gasteiger partial charge in [0.15, 0.2) is 0 Å². The molecule has 0 fully saturated rings. The van der Waals surface area contributed by atoms with E-state index in [0.29, 0.717) is 12.0 Å². The first kappa shape index (κ1) is 31.5. The number of methoxy groups -OCH3 is 4. The van der Waals surface area contributed by atoms with Crippen molar-refractivity contribution in [3.8, 4) is 0 Å². The van der Waals surface area contributed by atoms with E-state index in [9.17, 15) is 24.3 Å². The van der Waals surface area contributed by atoms with E-state index in [1.807, 2.05) is 6.07 Å². The maximum atomic E-state index is 12.1. The van der Waals surface area contributed by atoms with Crippen LogP contribution in [0.15, 0.2) is 36.4 Å². The summed E-state index contributed by atoms with van der Waals surface area (Å²) < 4.78 is 19.0. The number of aliphatic hydroxyl groups is 1. The molecule has 39 heavy (non-hydrogen) atoms. The molecule has 0 heterocycles. The fourth-order valence-electron chi connectivity index (χ4n) is 4.37. The average molecular weight is 543 g/mol. The molecule has 2 rings (SSSR count). The molecule has 212 valence electrons. The topological polar surface area (TPSA) is 125 Å². The van der Waals surface area contributed by atoms with Crippen molar-refractivity contribution < 1.29 is 43.2 Å². The Bertz CT molecular complexity index is 1140. The Morgan fingerprint density at radius 3 is 1.56 bits per heavy atom. The zero-order valence-electron chi connectivity index (χ0n) is 23.1. The van der Waals surface area contributed by atoms with Gasteiger partial charge in [0, 0.05) is 0 Å². The number of carbonyl (C=O) groups is 4. The molecular formula is C30H38O9. The second kappa shape index (κ2) is 16.3. The van der Waals surface area contributed by atoms with E-state index >= 15 is 0 Å². The molecule has 1 N–H and O–H groups in total. The number of ether oxygens (including phenoxy) is 4. The Hall–Kier alpha value is -3.72. The van der Waals surface area contributed by atoms with Crippen molar-refractivity contribution in [2.75, 3.05) is 28.4 Å². The molecule has 0 aromatic heterocycles. The molecule has 0 amide bonds. The molecule has 2 aromatic carbocycles. The summed E-state index contributed by atoms with van der Waals surface area (Å²) >= 11 is 0. The largest absolute Gasteiger partial charge is 0.465 e. The van der Waals surface area contributed by atoms with Crippen LogP contribution in [0.2, 0.25) is 0 Å². The summed E-state index contributed by atoms with van der Waals surface area (Å²) in [6.07, 6.45) is 7.58. The van der Waals surface area contributed by atoms with E-state index in [-0.39, 0.29) is 22.3 Å². The predicted octanol–water partition coefficient (Wildman–Crippen LogP) is 5.23. The fraction of sp³-hybridized carbons (Fsp3) is 0.467. The van der Waals surface area contributed by atoms with Gasteiger partial charge < -0.3 is 24.1 Å². The molecule has 0 aliphatic rings. The maximum Gasteiger partial charge on any atom is 0.338 e. The predicted molar refractivity (Wildman–Crippen MR) is 144 cm³/mol. The minimum absolute atomic E-state index is 0.0711. The van der Waals surface area contributed by atoms with Crippen LogP contribution in [0.5, 0.6) is 0 Å². The summed E-state index contributed by atoms with van der Waals surface area (Å²) in [6, 6.07) is 9.72. The molecular weight excluding hydrogens is 504 g/mol. The number of unbranched alkanes of at least 4 members (excludes halogenated alkanes) is 6. The van der Waals surface area contributed by atoms with Gasteiger partial charge in [0.25, 0.3) is 0 Å². The summed E-state index contributed by atoms with van der Waals surface area (Å²) in [5.41, 5.74) is 2.10. The Balaban J connectivity index is 1.72. The average Bonchev–Trinajstić information content (AvgIpc) is 2.97. The maximum absolute atomic E-state index is 12.1. The summed E-state index contributed by atoms with van der Waals surface area (Å²) in [4.78, 5) is 47.9. The van der Waals surface area contributed by atoms with Gasteiger partial charge in [-0.15, -0.1) is 0 Å². The standard InChI is InChI=1S/C30H38O9/c1-36-27(32)22-16-14-20(18-24(22)29(34)38-3)12-10-8-6-5-7-9-11-13-26(31)21-15-17-23(28(33)37-2)25(19-21)30(35)39-4/h14-19,26,31H,5-13H2,1-4H3. The molecule has 2 aromatic rings. The Labute approximate surface area is 229 Å². The van der Waals surface area contributed by atoms with Crippen molar-refractivity contribution in [1.29, 1.82) is 0 Å². The van der Waals surface area contributed by atoms with Crippen molar-refractivity contribution in [2.24, 2.45) is 0 Å².